The molecule has 0 aliphatic heterocycles. The minimum atomic E-state index is -3.84. The van der Waals surface area contributed by atoms with Gasteiger partial charge in [0, 0.05) is 29.2 Å². The van der Waals surface area contributed by atoms with Crippen molar-refractivity contribution < 1.29 is 13.2 Å². The van der Waals surface area contributed by atoms with Crippen LogP contribution in [-0.4, -0.2) is 40.3 Å². The fraction of sp³-hybridized carbons (Fsp3) is 0.222. The van der Waals surface area contributed by atoms with Crippen LogP contribution in [0.5, 0.6) is 0 Å². The molecule has 5 rings (SSSR count). The summed E-state index contributed by atoms with van der Waals surface area (Å²) in [5, 5.41) is 7.35. The number of hydrogen-bond acceptors (Lipinski definition) is 6. The number of carbonyl (C=O) groups is 1. The van der Waals surface area contributed by atoms with Gasteiger partial charge in [-0.25, -0.2) is 22.4 Å². The van der Waals surface area contributed by atoms with Crippen LogP contribution in [0, 0.1) is 0 Å². The number of anilines is 1. The maximum absolute atomic E-state index is 13.5. The predicted octanol–water partition coefficient (Wildman–Crippen LogP) is 5.01. The second-order valence-corrected chi connectivity index (χ2v) is 11.2. The van der Waals surface area contributed by atoms with Gasteiger partial charge in [-0.3, -0.25) is 4.79 Å². The molecule has 2 atom stereocenters. The van der Waals surface area contributed by atoms with Gasteiger partial charge in [0.1, 0.15) is 0 Å². The van der Waals surface area contributed by atoms with Crippen LogP contribution >= 0.6 is 11.6 Å². The first-order chi connectivity index (χ1) is 17.9. The van der Waals surface area contributed by atoms with Gasteiger partial charge in [-0.15, -0.1) is 0 Å². The Balaban J connectivity index is 1.50. The van der Waals surface area contributed by atoms with Gasteiger partial charge in [-0.1, -0.05) is 54.6 Å². The number of halogens is 1. The van der Waals surface area contributed by atoms with Crippen LogP contribution < -0.4 is 10.6 Å². The smallest absolute Gasteiger partial charge is 0.268 e. The summed E-state index contributed by atoms with van der Waals surface area (Å²) < 4.78 is 28.2. The van der Waals surface area contributed by atoms with Crippen LogP contribution in [0.15, 0.2) is 84.5 Å². The monoisotopic (exact) mass is 535 g/mol. The molecule has 1 amide bonds. The molecular weight excluding hydrogens is 510 g/mol. The molecular formula is C27H26ClN5O3S. The molecule has 2 heterocycles. The number of carbonyl (C=O) groups excluding carboxylic acids is 1. The first-order valence-corrected chi connectivity index (χ1v) is 13.8. The van der Waals surface area contributed by atoms with Crippen molar-refractivity contribution in [3.05, 3.63) is 84.7 Å². The molecule has 0 spiro atoms. The standard InChI is InChI=1S/C27H26ClN5O3S/c1-2-25(34)30-18-9-8-10-19(15-18)31-27-29-16-23(28)26(32-27)22-17-33(24-14-7-6-13-21(22)24)37(35,36)20-11-4-3-5-12-20/h2-7,11-14,16-19H,1,8-10,15H2,(H,30,34)(H,29,31,32)/t18-,19+/m0/s1. The molecule has 2 N–H and O–H groups in total. The summed E-state index contributed by atoms with van der Waals surface area (Å²) in [6, 6.07) is 15.7. The van der Waals surface area contributed by atoms with Crippen molar-refractivity contribution in [2.45, 2.75) is 42.7 Å². The van der Waals surface area contributed by atoms with Crippen molar-refractivity contribution in [3.8, 4) is 11.3 Å². The summed E-state index contributed by atoms with van der Waals surface area (Å²) in [7, 11) is -3.84. The quantitative estimate of drug-likeness (QED) is 0.322. The van der Waals surface area contributed by atoms with Crippen LogP contribution in [0.25, 0.3) is 22.2 Å². The third-order valence-corrected chi connectivity index (χ3v) is 8.48. The normalized spacial score (nSPS) is 17.9. The molecule has 0 unspecified atom stereocenters. The van der Waals surface area contributed by atoms with Gasteiger partial charge in [0.15, 0.2) is 0 Å². The van der Waals surface area contributed by atoms with E-state index in [1.165, 1.54) is 16.2 Å². The summed E-state index contributed by atoms with van der Waals surface area (Å²) in [5.74, 6) is 0.209. The maximum Gasteiger partial charge on any atom is 0.268 e. The molecule has 4 aromatic rings. The van der Waals surface area contributed by atoms with Gasteiger partial charge >= 0.3 is 0 Å². The van der Waals surface area contributed by atoms with Gasteiger partial charge < -0.3 is 10.6 Å². The number of benzene rings is 2. The van der Waals surface area contributed by atoms with E-state index >= 15 is 0 Å². The minimum absolute atomic E-state index is 0.0460. The highest BCUT2D eigenvalue weighted by Crippen LogP contribution is 2.36. The zero-order valence-corrected chi connectivity index (χ0v) is 21.5. The van der Waals surface area contributed by atoms with Crippen LogP contribution in [0.3, 0.4) is 0 Å². The van der Waals surface area contributed by atoms with E-state index in [2.05, 4.69) is 22.2 Å². The van der Waals surface area contributed by atoms with E-state index in [4.69, 9.17) is 16.6 Å². The van der Waals surface area contributed by atoms with Crippen molar-refractivity contribution in [1.29, 1.82) is 0 Å². The summed E-state index contributed by atoms with van der Waals surface area (Å²) in [6.07, 6.45) is 7.85. The third-order valence-electron chi connectivity index (χ3n) is 6.52. The summed E-state index contributed by atoms with van der Waals surface area (Å²) in [5.41, 5.74) is 1.55. The Morgan fingerprint density at radius 1 is 1.08 bits per heavy atom. The Morgan fingerprint density at radius 2 is 1.81 bits per heavy atom. The molecule has 10 heteroatoms. The number of nitrogens with one attached hydrogen (secondary N) is 2. The molecule has 190 valence electrons. The lowest BCUT2D eigenvalue weighted by atomic mass is 9.91. The van der Waals surface area contributed by atoms with Crippen LogP contribution in [-0.2, 0) is 14.8 Å². The summed E-state index contributed by atoms with van der Waals surface area (Å²) in [6.45, 7) is 3.52. The third kappa shape index (κ3) is 5.10. The molecule has 2 aromatic carbocycles. The number of amides is 1. The zero-order chi connectivity index (χ0) is 26.0. The number of fused-ring (bicyclic) bond motifs is 1. The van der Waals surface area contributed by atoms with E-state index in [0.717, 1.165) is 25.7 Å². The zero-order valence-electron chi connectivity index (χ0n) is 20.0. The van der Waals surface area contributed by atoms with Crippen LogP contribution in [0.4, 0.5) is 5.95 Å². The molecule has 1 aliphatic carbocycles. The Labute approximate surface area is 220 Å². The molecule has 1 aliphatic rings. The average Bonchev–Trinajstić information content (AvgIpc) is 3.31. The first-order valence-electron chi connectivity index (χ1n) is 12.0. The van der Waals surface area contributed by atoms with E-state index in [0.29, 0.717) is 33.1 Å². The first kappa shape index (κ1) is 25.0. The number of nitrogens with zero attached hydrogens (tertiary/aromatic N) is 3. The maximum atomic E-state index is 13.5. The predicted molar refractivity (Wildman–Crippen MR) is 145 cm³/mol. The fourth-order valence-corrected chi connectivity index (χ4v) is 6.35. The van der Waals surface area contributed by atoms with Crippen molar-refractivity contribution in [1.82, 2.24) is 19.3 Å². The van der Waals surface area contributed by atoms with Crippen molar-refractivity contribution >= 4 is 44.4 Å². The van der Waals surface area contributed by atoms with Crippen LogP contribution in [0.2, 0.25) is 5.02 Å². The van der Waals surface area contributed by atoms with Crippen molar-refractivity contribution in [2.75, 3.05) is 5.32 Å². The number of aromatic nitrogens is 3. The van der Waals surface area contributed by atoms with E-state index < -0.39 is 10.0 Å². The minimum Gasteiger partial charge on any atom is -0.351 e. The molecule has 0 radical (unpaired) electrons. The highest BCUT2D eigenvalue weighted by atomic mass is 35.5. The van der Waals surface area contributed by atoms with E-state index in [1.54, 1.807) is 48.7 Å². The van der Waals surface area contributed by atoms with E-state index in [-0.39, 0.29) is 22.9 Å². The van der Waals surface area contributed by atoms with Crippen molar-refractivity contribution in [3.63, 3.8) is 0 Å². The van der Waals surface area contributed by atoms with Crippen LogP contribution in [0.1, 0.15) is 25.7 Å². The van der Waals surface area contributed by atoms with Gasteiger partial charge in [-0.2, -0.15) is 0 Å². The Morgan fingerprint density at radius 3 is 2.59 bits per heavy atom. The fourth-order valence-electron chi connectivity index (χ4n) is 4.76. The lowest BCUT2D eigenvalue weighted by Gasteiger charge is -2.30. The average molecular weight is 536 g/mol. The topological polar surface area (TPSA) is 106 Å². The van der Waals surface area contributed by atoms with Gasteiger partial charge in [0.05, 0.1) is 27.3 Å². The lowest BCUT2D eigenvalue weighted by molar-refractivity contribution is -0.117. The van der Waals surface area contributed by atoms with E-state index in [9.17, 15) is 13.2 Å². The lowest BCUT2D eigenvalue weighted by Crippen LogP contribution is -2.41. The molecule has 2 aromatic heterocycles. The Hall–Kier alpha value is -3.69. The summed E-state index contributed by atoms with van der Waals surface area (Å²) >= 11 is 6.54. The SMILES string of the molecule is C=CC(=O)N[C@H]1CCC[C@@H](Nc2ncc(Cl)c(-c3cn(S(=O)(=O)c4ccccc4)c4ccccc34)n2)C1. The van der Waals surface area contributed by atoms with E-state index in [1.807, 2.05) is 12.1 Å². The summed E-state index contributed by atoms with van der Waals surface area (Å²) in [4.78, 5) is 21.0. The Kier molecular flexibility index (Phi) is 6.99. The molecule has 1 saturated carbocycles. The highest BCUT2D eigenvalue weighted by Gasteiger charge is 2.25. The Bertz CT molecular complexity index is 1570. The van der Waals surface area contributed by atoms with Gasteiger partial charge in [-0.05, 0) is 50.0 Å². The number of hydrogen-bond donors (Lipinski definition) is 2. The highest BCUT2D eigenvalue weighted by molar-refractivity contribution is 7.90. The number of rotatable bonds is 7. The number of para-hydroxylation sites is 1. The molecule has 0 saturated heterocycles. The largest absolute Gasteiger partial charge is 0.351 e. The molecule has 1 fully saturated rings. The van der Waals surface area contributed by atoms with Crippen molar-refractivity contribution in [2.24, 2.45) is 0 Å². The second-order valence-electron chi connectivity index (χ2n) is 8.98. The van der Waals surface area contributed by atoms with Gasteiger partial charge in [0.25, 0.3) is 10.0 Å². The second kappa shape index (κ2) is 10.4. The molecule has 0 bridgehead atoms. The van der Waals surface area contributed by atoms with Gasteiger partial charge in [0.2, 0.25) is 11.9 Å². The molecule has 8 nitrogen and oxygen atoms in total. The molecule has 37 heavy (non-hydrogen) atoms.